The molecule has 22 heavy (non-hydrogen) atoms. The molecule has 0 bridgehead atoms. The van der Waals surface area contributed by atoms with Gasteiger partial charge in [0.25, 0.3) is 5.91 Å². The summed E-state index contributed by atoms with van der Waals surface area (Å²) < 4.78 is 11.0. The standard InChI is InChI=1S/C17H22N2O3/c1-11(2)22-15-8-7-14(9-12(15)10-18)19-16(20)17(3,21-4)13-5-6-13/h7-9,11,13H,5-6H2,1-4H3,(H,19,20)/t17-/m0/s1. The van der Waals surface area contributed by atoms with Crippen LogP contribution in [-0.4, -0.2) is 24.7 Å². The number of methoxy groups -OCH3 is 1. The summed E-state index contributed by atoms with van der Waals surface area (Å²) >= 11 is 0. The first-order valence-corrected chi connectivity index (χ1v) is 7.48. The number of nitriles is 1. The summed E-state index contributed by atoms with van der Waals surface area (Å²) in [4.78, 5) is 12.5. The largest absolute Gasteiger partial charge is 0.490 e. The average molecular weight is 302 g/mol. The van der Waals surface area contributed by atoms with E-state index in [0.717, 1.165) is 12.8 Å². The van der Waals surface area contributed by atoms with Crippen molar-refractivity contribution < 1.29 is 14.3 Å². The van der Waals surface area contributed by atoms with Crippen LogP contribution in [0.4, 0.5) is 5.69 Å². The van der Waals surface area contributed by atoms with E-state index >= 15 is 0 Å². The molecule has 0 aromatic heterocycles. The van der Waals surface area contributed by atoms with Crippen LogP contribution in [0.1, 0.15) is 39.2 Å². The summed E-state index contributed by atoms with van der Waals surface area (Å²) in [6.45, 7) is 5.61. The molecule has 2 rings (SSSR count). The van der Waals surface area contributed by atoms with Crippen LogP contribution in [0, 0.1) is 17.2 Å². The predicted molar refractivity (Wildman–Crippen MR) is 83.7 cm³/mol. The lowest BCUT2D eigenvalue weighted by Gasteiger charge is -2.26. The van der Waals surface area contributed by atoms with Crippen LogP contribution in [0.25, 0.3) is 0 Å². The molecule has 1 atom stereocenters. The van der Waals surface area contributed by atoms with Gasteiger partial charge in [-0.2, -0.15) is 5.26 Å². The van der Waals surface area contributed by atoms with Crippen molar-refractivity contribution in [2.75, 3.05) is 12.4 Å². The highest BCUT2D eigenvalue weighted by Gasteiger charge is 2.47. The number of nitrogens with zero attached hydrogens (tertiary/aromatic N) is 1. The minimum Gasteiger partial charge on any atom is -0.490 e. The fourth-order valence-electron chi connectivity index (χ4n) is 2.39. The molecular weight excluding hydrogens is 280 g/mol. The third-order valence-electron chi connectivity index (χ3n) is 3.95. The molecule has 0 radical (unpaired) electrons. The van der Waals surface area contributed by atoms with E-state index in [-0.39, 0.29) is 17.9 Å². The van der Waals surface area contributed by atoms with Crippen molar-refractivity contribution in [1.29, 1.82) is 5.26 Å². The van der Waals surface area contributed by atoms with Crippen molar-refractivity contribution >= 4 is 11.6 Å². The summed E-state index contributed by atoms with van der Waals surface area (Å²) in [6, 6.07) is 7.16. The summed E-state index contributed by atoms with van der Waals surface area (Å²) in [5.41, 5.74) is 0.151. The summed E-state index contributed by atoms with van der Waals surface area (Å²) in [5.74, 6) is 0.600. The molecule has 1 N–H and O–H groups in total. The molecule has 1 aliphatic carbocycles. The smallest absolute Gasteiger partial charge is 0.256 e. The molecule has 0 aliphatic heterocycles. The Bertz CT molecular complexity index is 602. The maximum Gasteiger partial charge on any atom is 0.256 e. The minimum absolute atomic E-state index is 0.0146. The van der Waals surface area contributed by atoms with E-state index in [1.54, 1.807) is 32.2 Å². The van der Waals surface area contributed by atoms with Gasteiger partial charge < -0.3 is 14.8 Å². The number of hydrogen-bond donors (Lipinski definition) is 1. The van der Waals surface area contributed by atoms with Gasteiger partial charge in [-0.15, -0.1) is 0 Å². The molecule has 1 aliphatic rings. The van der Waals surface area contributed by atoms with E-state index in [0.29, 0.717) is 17.0 Å². The Balaban J connectivity index is 2.16. The van der Waals surface area contributed by atoms with Crippen molar-refractivity contribution in [2.45, 2.75) is 45.3 Å². The van der Waals surface area contributed by atoms with Gasteiger partial charge in [0.15, 0.2) is 0 Å². The van der Waals surface area contributed by atoms with Gasteiger partial charge in [0.1, 0.15) is 17.4 Å². The summed E-state index contributed by atoms with van der Waals surface area (Å²) in [6.07, 6.45) is 1.99. The van der Waals surface area contributed by atoms with Crippen molar-refractivity contribution in [3.8, 4) is 11.8 Å². The van der Waals surface area contributed by atoms with Crippen molar-refractivity contribution in [3.05, 3.63) is 23.8 Å². The van der Waals surface area contributed by atoms with Crippen molar-refractivity contribution in [3.63, 3.8) is 0 Å². The molecule has 0 unspecified atom stereocenters. The molecule has 1 aromatic carbocycles. The number of ether oxygens (including phenoxy) is 2. The Hall–Kier alpha value is -2.06. The summed E-state index contributed by atoms with van der Waals surface area (Å²) in [7, 11) is 1.55. The average Bonchev–Trinajstić information content (AvgIpc) is 3.32. The number of carbonyl (C=O) groups excluding carboxylic acids is 1. The molecule has 1 amide bonds. The van der Waals surface area contributed by atoms with Gasteiger partial charge in [0.05, 0.1) is 11.7 Å². The number of rotatable bonds is 6. The van der Waals surface area contributed by atoms with Gasteiger partial charge in [-0.3, -0.25) is 4.79 Å². The lowest BCUT2D eigenvalue weighted by atomic mass is 9.99. The molecule has 1 fully saturated rings. The Kier molecular flexibility index (Phi) is 4.72. The Morgan fingerprint density at radius 1 is 1.45 bits per heavy atom. The second-order valence-electron chi connectivity index (χ2n) is 6.03. The fourth-order valence-corrected chi connectivity index (χ4v) is 2.39. The van der Waals surface area contributed by atoms with Crippen LogP contribution in [0.5, 0.6) is 5.75 Å². The SMILES string of the molecule is CO[C@](C)(C(=O)Nc1ccc(OC(C)C)c(C#N)c1)C1CC1. The van der Waals surface area contributed by atoms with E-state index in [4.69, 9.17) is 9.47 Å². The molecule has 1 saturated carbocycles. The highest BCUT2D eigenvalue weighted by molar-refractivity contribution is 5.97. The van der Waals surface area contributed by atoms with Crippen LogP contribution in [0.3, 0.4) is 0 Å². The van der Waals surface area contributed by atoms with Gasteiger partial charge in [-0.05, 0) is 57.7 Å². The molecular formula is C17H22N2O3. The number of anilines is 1. The molecule has 1 aromatic rings. The van der Waals surface area contributed by atoms with E-state index in [1.165, 1.54) is 0 Å². The van der Waals surface area contributed by atoms with Crippen LogP contribution in [-0.2, 0) is 9.53 Å². The number of benzene rings is 1. The molecule has 0 heterocycles. The van der Waals surface area contributed by atoms with E-state index in [2.05, 4.69) is 11.4 Å². The van der Waals surface area contributed by atoms with Gasteiger partial charge in [-0.1, -0.05) is 0 Å². The van der Waals surface area contributed by atoms with E-state index < -0.39 is 5.60 Å². The van der Waals surface area contributed by atoms with Crippen LogP contribution in [0.15, 0.2) is 18.2 Å². The Labute approximate surface area is 131 Å². The lowest BCUT2D eigenvalue weighted by molar-refractivity contribution is -0.138. The van der Waals surface area contributed by atoms with Gasteiger partial charge in [0, 0.05) is 12.8 Å². The Morgan fingerprint density at radius 2 is 2.14 bits per heavy atom. The first-order valence-electron chi connectivity index (χ1n) is 7.48. The first-order chi connectivity index (χ1) is 10.4. The van der Waals surface area contributed by atoms with Crippen LogP contribution in [0.2, 0.25) is 0 Å². The predicted octanol–water partition coefficient (Wildman–Crippen LogP) is 3.10. The van der Waals surface area contributed by atoms with Gasteiger partial charge in [-0.25, -0.2) is 0 Å². The second kappa shape index (κ2) is 6.37. The highest BCUT2D eigenvalue weighted by Crippen LogP contribution is 2.42. The lowest BCUT2D eigenvalue weighted by Crippen LogP contribution is -2.44. The van der Waals surface area contributed by atoms with Crippen LogP contribution >= 0.6 is 0 Å². The highest BCUT2D eigenvalue weighted by atomic mass is 16.5. The van der Waals surface area contributed by atoms with Gasteiger partial charge in [0.2, 0.25) is 0 Å². The number of carbonyl (C=O) groups is 1. The first kappa shape index (κ1) is 16.3. The summed E-state index contributed by atoms with van der Waals surface area (Å²) in [5, 5.41) is 12.1. The molecule has 118 valence electrons. The van der Waals surface area contributed by atoms with Crippen molar-refractivity contribution in [1.82, 2.24) is 0 Å². The second-order valence-corrected chi connectivity index (χ2v) is 6.03. The zero-order valence-electron chi connectivity index (χ0n) is 13.5. The third-order valence-corrected chi connectivity index (χ3v) is 3.95. The van der Waals surface area contributed by atoms with E-state index in [1.807, 2.05) is 13.8 Å². The minimum atomic E-state index is -0.820. The van der Waals surface area contributed by atoms with E-state index in [9.17, 15) is 10.1 Å². The molecule has 0 saturated heterocycles. The third kappa shape index (κ3) is 3.40. The maximum atomic E-state index is 12.5. The zero-order chi connectivity index (χ0) is 16.3. The number of amides is 1. The monoisotopic (exact) mass is 302 g/mol. The maximum absolute atomic E-state index is 12.5. The number of hydrogen-bond acceptors (Lipinski definition) is 4. The fraction of sp³-hybridized carbons (Fsp3) is 0.529. The van der Waals surface area contributed by atoms with Gasteiger partial charge >= 0.3 is 0 Å². The molecule has 0 spiro atoms. The zero-order valence-corrected chi connectivity index (χ0v) is 13.5. The normalized spacial score (nSPS) is 16.7. The topological polar surface area (TPSA) is 71.3 Å². The Morgan fingerprint density at radius 3 is 2.64 bits per heavy atom. The molecule has 5 nitrogen and oxygen atoms in total. The van der Waals surface area contributed by atoms with Crippen molar-refractivity contribution in [2.24, 2.45) is 5.92 Å². The van der Waals surface area contributed by atoms with Crippen LogP contribution < -0.4 is 10.1 Å². The number of nitrogens with one attached hydrogen (secondary N) is 1. The quantitative estimate of drug-likeness (QED) is 0.876. The molecule has 5 heteroatoms.